The highest BCUT2D eigenvalue weighted by atomic mass is 16.5. The summed E-state index contributed by atoms with van der Waals surface area (Å²) < 4.78 is 10.6. The van der Waals surface area contributed by atoms with Crippen LogP contribution in [0.1, 0.15) is 26.1 Å². The molecule has 1 unspecified atom stereocenters. The van der Waals surface area contributed by atoms with Crippen molar-refractivity contribution in [3.05, 3.63) is 24.0 Å². The normalized spacial score (nSPS) is 14.4. The third-order valence-corrected chi connectivity index (χ3v) is 3.01. The Kier molecular flexibility index (Phi) is 3.29. The Hall–Kier alpha value is -1.95. The lowest BCUT2D eigenvalue weighted by Crippen LogP contribution is -2.24. The van der Waals surface area contributed by atoms with E-state index in [1.165, 1.54) is 0 Å². The van der Waals surface area contributed by atoms with Crippen molar-refractivity contribution in [2.24, 2.45) is 0 Å². The molecule has 0 bridgehead atoms. The molecule has 0 amide bonds. The number of nitrogens with two attached hydrogens (primary N) is 1. The van der Waals surface area contributed by atoms with Crippen LogP contribution >= 0.6 is 0 Å². The summed E-state index contributed by atoms with van der Waals surface area (Å²) in [5.74, 6) is 1.26. The molecule has 2 aromatic heterocycles. The molecule has 0 aliphatic rings. The van der Waals surface area contributed by atoms with Crippen molar-refractivity contribution in [2.45, 2.75) is 25.9 Å². The first-order valence-corrected chi connectivity index (χ1v) is 5.71. The first-order chi connectivity index (χ1) is 8.59. The lowest BCUT2D eigenvalue weighted by Gasteiger charge is -2.21. The zero-order chi connectivity index (χ0) is 13.2. The predicted octanol–water partition coefficient (Wildman–Crippen LogP) is 1.99. The second kappa shape index (κ2) is 4.73. The Bertz CT molecular complexity index is 534. The molecule has 96 valence electrons. The predicted molar refractivity (Wildman–Crippen MR) is 66.6 cm³/mol. The topological polar surface area (TPSA) is 87.1 Å². The van der Waals surface area contributed by atoms with Gasteiger partial charge in [0.25, 0.3) is 5.89 Å². The monoisotopic (exact) mass is 248 g/mol. The summed E-state index contributed by atoms with van der Waals surface area (Å²) in [5, 5.41) is 3.94. The highest BCUT2D eigenvalue weighted by molar-refractivity contribution is 5.50. The van der Waals surface area contributed by atoms with E-state index in [4.69, 9.17) is 15.0 Å². The standard InChI is InChI=1S/C12H16N4O2/c1-4-12(2,17-3)11-15-10(18-16-11)8-6-5-7-9(13)14-8/h5-7H,4H2,1-3H3,(H2,13,14). The number of ether oxygens (including phenoxy) is 1. The number of hydrogen-bond acceptors (Lipinski definition) is 6. The van der Waals surface area contributed by atoms with Crippen LogP contribution in [-0.2, 0) is 10.3 Å². The molecule has 0 spiro atoms. The molecular weight excluding hydrogens is 232 g/mol. The maximum atomic E-state index is 5.62. The molecule has 6 nitrogen and oxygen atoms in total. The molecule has 2 rings (SSSR count). The van der Waals surface area contributed by atoms with Gasteiger partial charge in [0.1, 0.15) is 17.1 Å². The van der Waals surface area contributed by atoms with Gasteiger partial charge in [0.15, 0.2) is 0 Å². The molecule has 0 radical (unpaired) electrons. The van der Waals surface area contributed by atoms with Crippen LogP contribution in [0.2, 0.25) is 0 Å². The summed E-state index contributed by atoms with van der Waals surface area (Å²) in [4.78, 5) is 8.45. The molecule has 2 N–H and O–H groups in total. The highest BCUT2D eigenvalue weighted by Gasteiger charge is 2.30. The molecular formula is C12H16N4O2. The Morgan fingerprint density at radius 1 is 1.39 bits per heavy atom. The molecule has 0 aliphatic heterocycles. The van der Waals surface area contributed by atoms with Crippen LogP contribution in [0.15, 0.2) is 22.7 Å². The third-order valence-electron chi connectivity index (χ3n) is 3.01. The number of nitrogens with zero attached hydrogens (tertiary/aromatic N) is 3. The van der Waals surface area contributed by atoms with E-state index in [9.17, 15) is 0 Å². The van der Waals surface area contributed by atoms with E-state index in [-0.39, 0.29) is 0 Å². The summed E-state index contributed by atoms with van der Waals surface area (Å²) in [6.07, 6.45) is 0.743. The van der Waals surface area contributed by atoms with Crippen LogP contribution in [0.3, 0.4) is 0 Å². The van der Waals surface area contributed by atoms with E-state index in [0.29, 0.717) is 23.2 Å². The molecule has 0 fully saturated rings. The van der Waals surface area contributed by atoms with Crippen LogP contribution in [-0.4, -0.2) is 22.2 Å². The second-order valence-electron chi connectivity index (χ2n) is 4.16. The lowest BCUT2D eigenvalue weighted by atomic mass is 10.0. The van der Waals surface area contributed by atoms with Gasteiger partial charge in [-0.15, -0.1) is 0 Å². The van der Waals surface area contributed by atoms with E-state index in [2.05, 4.69) is 15.1 Å². The number of nitrogen functional groups attached to an aromatic ring is 1. The largest absolute Gasteiger partial charge is 0.384 e. The van der Waals surface area contributed by atoms with Crippen LogP contribution < -0.4 is 5.73 Å². The fraction of sp³-hybridized carbons (Fsp3) is 0.417. The maximum absolute atomic E-state index is 5.62. The molecule has 0 aliphatic carbocycles. The van der Waals surface area contributed by atoms with Gasteiger partial charge in [0.2, 0.25) is 5.82 Å². The van der Waals surface area contributed by atoms with Gasteiger partial charge in [0.05, 0.1) is 0 Å². The van der Waals surface area contributed by atoms with E-state index < -0.39 is 5.60 Å². The van der Waals surface area contributed by atoms with Gasteiger partial charge in [0, 0.05) is 7.11 Å². The Morgan fingerprint density at radius 3 is 2.78 bits per heavy atom. The molecule has 18 heavy (non-hydrogen) atoms. The smallest absolute Gasteiger partial charge is 0.276 e. The molecule has 1 atom stereocenters. The second-order valence-corrected chi connectivity index (χ2v) is 4.16. The van der Waals surface area contributed by atoms with Gasteiger partial charge in [-0.05, 0) is 25.5 Å². The molecule has 2 heterocycles. The van der Waals surface area contributed by atoms with Crippen molar-refractivity contribution in [1.29, 1.82) is 0 Å². The van der Waals surface area contributed by atoms with Crippen molar-refractivity contribution in [3.63, 3.8) is 0 Å². The average Bonchev–Trinajstić information content (AvgIpc) is 2.88. The minimum atomic E-state index is -0.553. The molecule has 6 heteroatoms. The van der Waals surface area contributed by atoms with Crippen molar-refractivity contribution in [2.75, 3.05) is 12.8 Å². The van der Waals surface area contributed by atoms with Gasteiger partial charge < -0.3 is 15.0 Å². The van der Waals surface area contributed by atoms with Crippen molar-refractivity contribution < 1.29 is 9.26 Å². The van der Waals surface area contributed by atoms with Crippen molar-refractivity contribution in [3.8, 4) is 11.6 Å². The molecule has 0 saturated carbocycles. The van der Waals surface area contributed by atoms with E-state index in [1.54, 1.807) is 25.3 Å². The minimum absolute atomic E-state index is 0.342. The Balaban J connectivity index is 2.36. The van der Waals surface area contributed by atoms with Crippen LogP contribution in [0.5, 0.6) is 0 Å². The van der Waals surface area contributed by atoms with Crippen molar-refractivity contribution >= 4 is 5.82 Å². The summed E-state index contributed by atoms with van der Waals surface area (Å²) in [5.41, 5.74) is 5.62. The SMILES string of the molecule is CCC(C)(OC)c1noc(-c2cccc(N)n2)n1. The Morgan fingerprint density at radius 2 is 2.17 bits per heavy atom. The number of anilines is 1. The number of pyridine rings is 1. The van der Waals surface area contributed by atoms with Crippen LogP contribution in [0, 0.1) is 0 Å². The summed E-state index contributed by atoms with van der Waals surface area (Å²) in [6, 6.07) is 5.26. The summed E-state index contributed by atoms with van der Waals surface area (Å²) in [7, 11) is 1.62. The first-order valence-electron chi connectivity index (χ1n) is 5.71. The van der Waals surface area contributed by atoms with Gasteiger partial charge in [-0.1, -0.05) is 18.1 Å². The van der Waals surface area contributed by atoms with E-state index in [1.807, 2.05) is 13.8 Å². The fourth-order valence-electron chi connectivity index (χ4n) is 1.51. The number of methoxy groups -OCH3 is 1. The van der Waals surface area contributed by atoms with Gasteiger partial charge in [-0.2, -0.15) is 4.98 Å². The quantitative estimate of drug-likeness (QED) is 0.890. The van der Waals surface area contributed by atoms with Crippen LogP contribution in [0.4, 0.5) is 5.82 Å². The lowest BCUT2D eigenvalue weighted by molar-refractivity contribution is -0.0106. The van der Waals surface area contributed by atoms with Crippen molar-refractivity contribution in [1.82, 2.24) is 15.1 Å². The highest BCUT2D eigenvalue weighted by Crippen LogP contribution is 2.27. The third kappa shape index (κ3) is 2.19. The minimum Gasteiger partial charge on any atom is -0.384 e. The van der Waals surface area contributed by atoms with E-state index >= 15 is 0 Å². The summed E-state index contributed by atoms with van der Waals surface area (Å²) in [6.45, 7) is 3.91. The molecule has 2 aromatic rings. The number of aromatic nitrogens is 3. The molecule has 0 aromatic carbocycles. The van der Waals surface area contributed by atoms with E-state index in [0.717, 1.165) is 6.42 Å². The number of hydrogen-bond donors (Lipinski definition) is 1. The zero-order valence-corrected chi connectivity index (χ0v) is 10.7. The van der Waals surface area contributed by atoms with Crippen LogP contribution in [0.25, 0.3) is 11.6 Å². The Labute approximate surface area is 105 Å². The average molecular weight is 248 g/mol. The maximum Gasteiger partial charge on any atom is 0.276 e. The zero-order valence-electron chi connectivity index (χ0n) is 10.7. The molecule has 0 saturated heterocycles. The summed E-state index contributed by atoms with van der Waals surface area (Å²) >= 11 is 0. The van der Waals surface area contributed by atoms with Gasteiger partial charge in [-0.3, -0.25) is 0 Å². The fourth-order valence-corrected chi connectivity index (χ4v) is 1.51. The van der Waals surface area contributed by atoms with Gasteiger partial charge >= 0.3 is 0 Å². The first kappa shape index (κ1) is 12.5. The number of rotatable bonds is 4. The van der Waals surface area contributed by atoms with Gasteiger partial charge in [-0.25, -0.2) is 4.98 Å².